The Hall–Kier alpha value is -0.720. The van der Waals surface area contributed by atoms with E-state index >= 15 is 0 Å². The van der Waals surface area contributed by atoms with Gasteiger partial charge in [0.2, 0.25) is 5.91 Å². The van der Waals surface area contributed by atoms with Crippen molar-refractivity contribution in [1.29, 1.82) is 0 Å². The number of rotatable bonds is 4. The molecule has 2 fully saturated rings. The SMILES string of the molecule is CP(C)(=O)N1CC[C@@H](CC(=O)N2CCC(C3c4ncc(Br)cc4CCc4cc(Cl)cc(Br)c43)CC2)C1. The number of amides is 1. The van der Waals surface area contributed by atoms with E-state index in [0.717, 1.165) is 72.3 Å². The lowest BCUT2D eigenvalue weighted by Gasteiger charge is -2.37. The van der Waals surface area contributed by atoms with Gasteiger partial charge in [-0.1, -0.05) is 27.5 Å². The van der Waals surface area contributed by atoms with E-state index in [1.165, 1.54) is 22.4 Å². The van der Waals surface area contributed by atoms with E-state index < -0.39 is 7.29 Å². The number of aryl methyl sites for hydroxylation is 2. The summed E-state index contributed by atoms with van der Waals surface area (Å²) < 4.78 is 16.6. The molecule has 0 radical (unpaired) electrons. The first kappa shape index (κ1) is 26.9. The van der Waals surface area contributed by atoms with Crippen LogP contribution in [0.25, 0.3) is 0 Å². The number of fused-ring (bicyclic) bond motifs is 2. The third-order valence-corrected chi connectivity index (χ3v) is 11.2. The third kappa shape index (κ3) is 5.66. The summed E-state index contributed by atoms with van der Waals surface area (Å²) in [6.07, 6.45) is 7.23. The Labute approximate surface area is 236 Å². The van der Waals surface area contributed by atoms with Gasteiger partial charge in [-0.05, 0) is 94.8 Å². The molecule has 2 aromatic rings. The standard InChI is InChI=1S/C27H33Br2ClN3O2P/c1-36(2,35)33-10-5-17(16-33)11-24(34)32-8-6-18(7-9-32)26-25-19(13-22(30)14-23(25)29)3-4-20-12-21(28)15-31-27(20)26/h12-15,17-18,26H,3-11,16H2,1-2H3/t17-,26?/m0/s1. The first-order chi connectivity index (χ1) is 17.1. The van der Waals surface area contributed by atoms with Gasteiger partial charge in [0.15, 0.2) is 0 Å². The fourth-order valence-corrected chi connectivity index (χ4v) is 9.03. The minimum atomic E-state index is -2.23. The van der Waals surface area contributed by atoms with Crippen LogP contribution in [0.2, 0.25) is 5.02 Å². The highest BCUT2D eigenvalue weighted by atomic mass is 79.9. The number of benzene rings is 1. The zero-order chi connectivity index (χ0) is 25.6. The molecule has 1 aliphatic carbocycles. The normalized spacial score (nSPS) is 23.3. The van der Waals surface area contributed by atoms with Gasteiger partial charge in [0.25, 0.3) is 0 Å². The zero-order valence-corrected chi connectivity index (χ0v) is 25.7. The van der Waals surface area contributed by atoms with Crippen LogP contribution in [0.5, 0.6) is 0 Å². The van der Waals surface area contributed by atoms with Crippen molar-refractivity contribution < 1.29 is 9.36 Å². The number of aromatic nitrogens is 1. The van der Waals surface area contributed by atoms with E-state index in [4.69, 9.17) is 16.6 Å². The summed E-state index contributed by atoms with van der Waals surface area (Å²) in [5.41, 5.74) is 5.07. The second-order valence-corrected chi connectivity index (χ2v) is 16.3. The Morgan fingerprint density at radius 1 is 1.08 bits per heavy atom. The molecule has 1 aromatic heterocycles. The Morgan fingerprint density at radius 2 is 1.81 bits per heavy atom. The van der Waals surface area contributed by atoms with Crippen LogP contribution in [0.1, 0.15) is 54.0 Å². The molecule has 0 N–H and O–H groups in total. The quantitative estimate of drug-likeness (QED) is 0.333. The minimum absolute atomic E-state index is 0.182. The van der Waals surface area contributed by atoms with Crippen molar-refractivity contribution in [1.82, 2.24) is 14.6 Å². The van der Waals surface area contributed by atoms with E-state index in [9.17, 15) is 9.36 Å². The van der Waals surface area contributed by atoms with E-state index in [2.05, 4.69) is 53.6 Å². The van der Waals surface area contributed by atoms with Gasteiger partial charge in [-0.25, -0.2) is 0 Å². The van der Waals surface area contributed by atoms with Crippen LogP contribution in [0.3, 0.4) is 0 Å². The summed E-state index contributed by atoms with van der Waals surface area (Å²) >= 11 is 13.9. The molecule has 3 heterocycles. The summed E-state index contributed by atoms with van der Waals surface area (Å²) in [5.74, 6) is 1.15. The minimum Gasteiger partial charge on any atom is -0.343 e. The fourth-order valence-electron chi connectivity index (χ4n) is 6.30. The molecule has 194 valence electrons. The molecule has 1 unspecified atom stereocenters. The Bertz CT molecular complexity index is 1210. The lowest BCUT2D eigenvalue weighted by molar-refractivity contribution is -0.133. The van der Waals surface area contributed by atoms with Crippen molar-refractivity contribution in [3.8, 4) is 0 Å². The maximum atomic E-state index is 13.2. The number of halogens is 3. The lowest BCUT2D eigenvalue weighted by atomic mass is 9.76. The van der Waals surface area contributed by atoms with E-state index in [0.29, 0.717) is 18.3 Å². The summed E-state index contributed by atoms with van der Waals surface area (Å²) in [4.78, 5) is 20.2. The molecule has 0 saturated carbocycles. The monoisotopic (exact) mass is 655 g/mol. The Morgan fingerprint density at radius 3 is 2.50 bits per heavy atom. The maximum absolute atomic E-state index is 13.2. The predicted molar refractivity (Wildman–Crippen MR) is 153 cm³/mol. The summed E-state index contributed by atoms with van der Waals surface area (Å²) in [5, 5.41) is 0.757. The number of hydrogen-bond donors (Lipinski definition) is 0. The highest BCUT2D eigenvalue weighted by molar-refractivity contribution is 9.10. The molecule has 0 bridgehead atoms. The maximum Gasteiger partial charge on any atom is 0.222 e. The number of likely N-dealkylation sites (tertiary alicyclic amines) is 1. The molecule has 1 aromatic carbocycles. The summed E-state index contributed by atoms with van der Waals surface area (Å²) in [7, 11) is -2.23. The summed E-state index contributed by atoms with van der Waals surface area (Å²) in [6, 6.07) is 6.34. The topological polar surface area (TPSA) is 53.5 Å². The van der Waals surface area contributed by atoms with Gasteiger partial charge in [0.1, 0.15) is 7.29 Å². The summed E-state index contributed by atoms with van der Waals surface area (Å²) in [6.45, 7) is 6.83. The van der Waals surface area contributed by atoms with Crippen molar-refractivity contribution in [2.45, 2.75) is 44.4 Å². The molecule has 0 spiro atoms. The first-order valence-corrected chi connectivity index (χ1v) is 17.3. The van der Waals surface area contributed by atoms with Gasteiger partial charge in [-0.3, -0.25) is 14.4 Å². The zero-order valence-electron chi connectivity index (χ0n) is 20.9. The van der Waals surface area contributed by atoms with E-state index in [-0.39, 0.29) is 11.8 Å². The highest BCUT2D eigenvalue weighted by Gasteiger charge is 2.37. The van der Waals surface area contributed by atoms with Gasteiger partial charge < -0.3 is 9.46 Å². The number of pyridine rings is 1. The van der Waals surface area contributed by atoms with Crippen LogP contribution in [-0.4, -0.2) is 60.0 Å². The van der Waals surface area contributed by atoms with Crippen LogP contribution in [0.4, 0.5) is 0 Å². The number of carbonyl (C=O) groups is 1. The van der Waals surface area contributed by atoms with Crippen LogP contribution in [-0.2, 0) is 22.2 Å². The number of piperidine rings is 1. The molecule has 2 saturated heterocycles. The number of carbonyl (C=O) groups excluding carboxylic acids is 1. The third-order valence-electron chi connectivity index (χ3n) is 8.19. The second-order valence-electron chi connectivity index (χ2n) is 10.9. The molecule has 36 heavy (non-hydrogen) atoms. The average Bonchev–Trinajstić information content (AvgIpc) is 3.23. The molecular weight excluding hydrogens is 625 g/mol. The fraction of sp³-hybridized carbons (Fsp3) is 0.556. The van der Waals surface area contributed by atoms with Gasteiger partial charge in [0.05, 0.1) is 5.69 Å². The Balaban J connectivity index is 1.32. The number of hydrogen-bond acceptors (Lipinski definition) is 3. The van der Waals surface area contributed by atoms with Crippen molar-refractivity contribution in [3.05, 3.63) is 60.7 Å². The van der Waals surface area contributed by atoms with E-state index in [1.807, 2.05) is 25.6 Å². The van der Waals surface area contributed by atoms with Gasteiger partial charge in [-0.2, -0.15) is 0 Å². The average molecular weight is 658 g/mol. The molecule has 3 aliphatic rings. The van der Waals surface area contributed by atoms with Crippen molar-refractivity contribution in [2.24, 2.45) is 11.8 Å². The van der Waals surface area contributed by atoms with Gasteiger partial charge in [-0.15, -0.1) is 0 Å². The van der Waals surface area contributed by atoms with E-state index in [1.54, 1.807) is 0 Å². The number of nitrogens with zero attached hydrogens (tertiary/aromatic N) is 3. The largest absolute Gasteiger partial charge is 0.343 e. The van der Waals surface area contributed by atoms with Gasteiger partial charge >= 0.3 is 0 Å². The predicted octanol–water partition coefficient (Wildman–Crippen LogP) is 6.98. The molecular formula is C27H33Br2ClN3O2P. The molecule has 5 nitrogen and oxygen atoms in total. The molecule has 1 amide bonds. The van der Waals surface area contributed by atoms with Crippen LogP contribution in [0.15, 0.2) is 33.3 Å². The van der Waals surface area contributed by atoms with Crippen LogP contribution in [0, 0.1) is 11.8 Å². The van der Waals surface area contributed by atoms with Crippen molar-refractivity contribution in [3.63, 3.8) is 0 Å². The van der Waals surface area contributed by atoms with Crippen LogP contribution >= 0.6 is 50.8 Å². The smallest absolute Gasteiger partial charge is 0.222 e. The molecule has 2 aliphatic heterocycles. The Kier molecular flexibility index (Phi) is 8.06. The van der Waals surface area contributed by atoms with Crippen molar-refractivity contribution in [2.75, 3.05) is 39.5 Å². The second kappa shape index (κ2) is 10.8. The van der Waals surface area contributed by atoms with Gasteiger partial charge in [0, 0.05) is 72.0 Å². The van der Waals surface area contributed by atoms with Crippen LogP contribution < -0.4 is 0 Å². The molecule has 5 rings (SSSR count). The highest BCUT2D eigenvalue weighted by Crippen LogP contribution is 2.47. The first-order valence-electron chi connectivity index (χ1n) is 12.8. The molecule has 2 atom stereocenters. The van der Waals surface area contributed by atoms with Crippen molar-refractivity contribution >= 4 is 56.7 Å². The molecule has 9 heteroatoms. The lowest BCUT2D eigenvalue weighted by Crippen LogP contribution is -2.41.